The first kappa shape index (κ1) is 17.9. The summed E-state index contributed by atoms with van der Waals surface area (Å²) in [6.45, 7) is 9.67. The molecule has 0 aromatic heterocycles. The van der Waals surface area contributed by atoms with Crippen LogP contribution in [0.5, 0.6) is 0 Å². The van der Waals surface area contributed by atoms with Gasteiger partial charge in [-0.1, -0.05) is 6.92 Å². The predicted octanol–water partition coefficient (Wildman–Crippen LogP) is 3.04. The van der Waals surface area contributed by atoms with Crippen molar-refractivity contribution in [2.24, 2.45) is 5.41 Å². The molecule has 0 aromatic rings. The van der Waals surface area contributed by atoms with Crippen molar-refractivity contribution in [3.63, 3.8) is 0 Å². The van der Waals surface area contributed by atoms with Crippen LogP contribution in [0.2, 0.25) is 0 Å². The third-order valence-corrected chi connectivity index (χ3v) is 2.79. The molecule has 112 valence electrons. The van der Waals surface area contributed by atoms with Crippen molar-refractivity contribution in [1.82, 2.24) is 0 Å². The van der Waals surface area contributed by atoms with Gasteiger partial charge < -0.3 is 9.47 Å². The average molecular weight is 276 g/mol. The lowest BCUT2D eigenvalue weighted by Gasteiger charge is -2.32. The maximum Gasteiger partial charge on any atom is 0.344 e. The van der Waals surface area contributed by atoms with Gasteiger partial charge in [0.2, 0.25) is 5.67 Å². The molecular formula is C14H25FO4. The van der Waals surface area contributed by atoms with E-state index in [4.69, 9.17) is 4.74 Å². The molecule has 0 saturated heterocycles. The van der Waals surface area contributed by atoms with Gasteiger partial charge in [0.05, 0.1) is 12.5 Å². The van der Waals surface area contributed by atoms with Crippen LogP contribution in [0.15, 0.2) is 0 Å². The summed E-state index contributed by atoms with van der Waals surface area (Å²) in [7, 11) is 1.24. The first-order valence-electron chi connectivity index (χ1n) is 6.39. The van der Waals surface area contributed by atoms with Crippen molar-refractivity contribution in [1.29, 1.82) is 0 Å². The number of carbonyl (C=O) groups excluding carboxylic acids is 2. The van der Waals surface area contributed by atoms with Gasteiger partial charge in [0.1, 0.15) is 5.60 Å². The molecular weight excluding hydrogens is 251 g/mol. The van der Waals surface area contributed by atoms with E-state index in [2.05, 4.69) is 4.74 Å². The summed E-state index contributed by atoms with van der Waals surface area (Å²) in [5, 5.41) is 0. The van der Waals surface area contributed by atoms with Crippen LogP contribution in [-0.2, 0) is 19.1 Å². The molecule has 0 bridgehead atoms. The van der Waals surface area contributed by atoms with Crippen LogP contribution in [-0.4, -0.2) is 30.3 Å². The number of ether oxygens (including phenoxy) is 2. The van der Waals surface area contributed by atoms with E-state index < -0.39 is 28.6 Å². The summed E-state index contributed by atoms with van der Waals surface area (Å²) in [6.07, 6.45) is -0.319. The molecule has 0 aromatic carbocycles. The van der Waals surface area contributed by atoms with Crippen LogP contribution in [0.3, 0.4) is 0 Å². The maximum atomic E-state index is 14.8. The van der Waals surface area contributed by atoms with Crippen LogP contribution in [0.4, 0.5) is 4.39 Å². The van der Waals surface area contributed by atoms with E-state index in [0.717, 1.165) is 0 Å². The van der Waals surface area contributed by atoms with Gasteiger partial charge in [0.25, 0.3) is 0 Å². The highest BCUT2D eigenvalue weighted by Crippen LogP contribution is 2.36. The van der Waals surface area contributed by atoms with Gasteiger partial charge in [-0.3, -0.25) is 4.79 Å². The number of methoxy groups -OCH3 is 1. The zero-order valence-electron chi connectivity index (χ0n) is 12.9. The van der Waals surface area contributed by atoms with Crippen molar-refractivity contribution in [3.05, 3.63) is 0 Å². The van der Waals surface area contributed by atoms with Crippen LogP contribution < -0.4 is 0 Å². The van der Waals surface area contributed by atoms with Crippen LogP contribution in [0.1, 0.15) is 54.4 Å². The van der Waals surface area contributed by atoms with Crippen molar-refractivity contribution in [3.8, 4) is 0 Å². The fraction of sp³-hybridized carbons (Fsp3) is 0.857. The maximum absolute atomic E-state index is 14.8. The fourth-order valence-electron chi connectivity index (χ4n) is 1.76. The van der Waals surface area contributed by atoms with Gasteiger partial charge in [-0.25, -0.2) is 9.18 Å². The van der Waals surface area contributed by atoms with E-state index in [9.17, 15) is 14.0 Å². The first-order valence-corrected chi connectivity index (χ1v) is 6.39. The van der Waals surface area contributed by atoms with Crippen LogP contribution >= 0.6 is 0 Å². The smallest absolute Gasteiger partial charge is 0.344 e. The normalized spacial score (nSPS) is 15.6. The van der Waals surface area contributed by atoms with Crippen molar-refractivity contribution in [2.45, 2.75) is 65.7 Å². The Labute approximate surface area is 114 Å². The monoisotopic (exact) mass is 276 g/mol. The van der Waals surface area contributed by atoms with Crippen LogP contribution in [0, 0.1) is 5.41 Å². The molecule has 0 aliphatic heterocycles. The molecule has 0 aliphatic rings. The SMILES string of the molecule is CCC(F)(CC(C)(C)C(=O)OC)C(=O)OC(C)(C)C. The Balaban J connectivity index is 5.08. The highest BCUT2D eigenvalue weighted by molar-refractivity contribution is 5.82. The van der Waals surface area contributed by atoms with Gasteiger partial charge in [0.15, 0.2) is 0 Å². The van der Waals surface area contributed by atoms with Crippen molar-refractivity contribution >= 4 is 11.9 Å². The van der Waals surface area contributed by atoms with E-state index >= 15 is 0 Å². The van der Waals surface area contributed by atoms with Gasteiger partial charge in [-0.15, -0.1) is 0 Å². The second kappa shape index (κ2) is 5.88. The lowest BCUT2D eigenvalue weighted by molar-refractivity contribution is -0.174. The van der Waals surface area contributed by atoms with E-state index in [-0.39, 0.29) is 12.8 Å². The zero-order valence-corrected chi connectivity index (χ0v) is 12.9. The highest BCUT2D eigenvalue weighted by Gasteiger charge is 2.47. The Bertz CT molecular complexity index is 344. The largest absolute Gasteiger partial charge is 0.469 e. The molecule has 0 aliphatic carbocycles. The molecule has 0 heterocycles. The van der Waals surface area contributed by atoms with E-state index in [1.54, 1.807) is 41.5 Å². The Morgan fingerprint density at radius 1 is 1.05 bits per heavy atom. The molecule has 0 saturated carbocycles. The fourth-order valence-corrected chi connectivity index (χ4v) is 1.76. The summed E-state index contributed by atoms with van der Waals surface area (Å²) in [4.78, 5) is 23.5. The van der Waals surface area contributed by atoms with E-state index in [1.807, 2.05) is 0 Å². The summed E-state index contributed by atoms with van der Waals surface area (Å²) in [6, 6.07) is 0. The minimum atomic E-state index is -2.19. The quantitative estimate of drug-likeness (QED) is 0.724. The van der Waals surface area contributed by atoms with Gasteiger partial charge in [-0.2, -0.15) is 0 Å². The topological polar surface area (TPSA) is 52.6 Å². The Morgan fingerprint density at radius 2 is 1.53 bits per heavy atom. The number of halogens is 1. The van der Waals surface area contributed by atoms with E-state index in [1.165, 1.54) is 7.11 Å². The second-order valence-electron chi connectivity index (χ2n) is 6.37. The number of alkyl halides is 1. The average Bonchev–Trinajstić information content (AvgIpc) is 2.24. The number of hydrogen-bond acceptors (Lipinski definition) is 4. The molecule has 4 nitrogen and oxygen atoms in total. The molecule has 0 rings (SSSR count). The second-order valence-corrected chi connectivity index (χ2v) is 6.37. The molecule has 0 N–H and O–H groups in total. The minimum Gasteiger partial charge on any atom is -0.469 e. The Kier molecular flexibility index (Phi) is 5.53. The van der Waals surface area contributed by atoms with Crippen LogP contribution in [0.25, 0.3) is 0 Å². The first-order chi connectivity index (χ1) is 8.38. The molecule has 0 fully saturated rings. The molecule has 1 unspecified atom stereocenters. The van der Waals surface area contributed by atoms with Crippen molar-refractivity contribution in [2.75, 3.05) is 7.11 Å². The standard InChI is InChI=1S/C14H25FO4/c1-8-14(15,11(17)19-12(2,3)4)9-13(5,6)10(16)18-7/h8-9H2,1-7H3. The number of rotatable bonds is 5. The number of esters is 2. The number of carbonyl (C=O) groups is 2. The molecule has 0 amide bonds. The molecule has 1 atom stereocenters. The predicted molar refractivity (Wildman–Crippen MR) is 70.4 cm³/mol. The molecule has 19 heavy (non-hydrogen) atoms. The molecule has 0 radical (unpaired) electrons. The molecule has 5 heteroatoms. The van der Waals surface area contributed by atoms with Crippen molar-refractivity contribution < 1.29 is 23.5 Å². The van der Waals surface area contributed by atoms with E-state index in [0.29, 0.717) is 0 Å². The summed E-state index contributed by atoms with van der Waals surface area (Å²) >= 11 is 0. The van der Waals surface area contributed by atoms with Gasteiger partial charge >= 0.3 is 11.9 Å². The lowest BCUT2D eigenvalue weighted by Crippen LogP contribution is -2.44. The summed E-state index contributed by atoms with van der Waals surface area (Å²) in [5.41, 5.74) is -4.04. The third-order valence-electron chi connectivity index (χ3n) is 2.79. The Morgan fingerprint density at radius 3 is 1.84 bits per heavy atom. The van der Waals surface area contributed by atoms with Gasteiger partial charge in [0, 0.05) is 6.42 Å². The van der Waals surface area contributed by atoms with Gasteiger partial charge in [-0.05, 0) is 41.0 Å². The third kappa shape index (κ3) is 5.17. The lowest BCUT2D eigenvalue weighted by atomic mass is 9.80. The summed E-state index contributed by atoms with van der Waals surface area (Å²) in [5.74, 6) is -1.48. The zero-order chi connectivity index (χ0) is 15.5. The Hall–Kier alpha value is -1.13. The number of hydrogen-bond donors (Lipinski definition) is 0. The summed E-state index contributed by atoms with van der Waals surface area (Å²) < 4.78 is 24.5. The highest BCUT2D eigenvalue weighted by atomic mass is 19.1. The minimum absolute atomic E-state index is 0.0532. The molecule has 0 spiro atoms.